The van der Waals surface area contributed by atoms with Gasteiger partial charge in [-0.25, -0.2) is 0 Å². The fraction of sp³-hybridized carbons (Fsp3) is 0.526. The lowest BCUT2D eigenvalue weighted by atomic mass is 10.0. The van der Waals surface area contributed by atoms with Crippen LogP contribution in [0.1, 0.15) is 128 Å². The van der Waals surface area contributed by atoms with E-state index in [-0.39, 0.29) is 0 Å². The van der Waals surface area contributed by atoms with Gasteiger partial charge in [-0.3, -0.25) is 0 Å². The number of unbranched alkanes of at least 4 members (excludes halogenated alkanes) is 14. The highest BCUT2D eigenvalue weighted by Gasteiger charge is 2.01. The van der Waals surface area contributed by atoms with Crippen LogP contribution < -0.4 is 10.6 Å². The molecule has 0 atom stereocenters. The fourth-order valence-corrected chi connectivity index (χ4v) is 5.41. The lowest BCUT2D eigenvalue weighted by Crippen LogP contribution is -1.94. The van der Waals surface area contributed by atoms with Gasteiger partial charge in [0.1, 0.15) is 0 Å². The van der Waals surface area contributed by atoms with Crippen molar-refractivity contribution < 1.29 is 0 Å². The first-order valence-electron chi connectivity index (χ1n) is 16.6. The Balaban J connectivity index is 1.31. The highest BCUT2D eigenvalue weighted by Crippen LogP contribution is 2.23. The standard InChI is InChI=1S/C38H56N2/c1-3-5-7-9-11-13-15-17-19-33-21-25-35(26-22-33)39-37-29-31-38(32-30-37)40-36-27-23-34(24-28-36)20-18-16-14-12-10-8-6-4-2/h21-32,39-40H,3-20H2,1-2H3. The van der Waals surface area contributed by atoms with E-state index in [9.17, 15) is 0 Å². The van der Waals surface area contributed by atoms with Crippen LogP contribution in [0.2, 0.25) is 0 Å². The first-order valence-corrected chi connectivity index (χ1v) is 16.6. The van der Waals surface area contributed by atoms with Crippen LogP contribution in [0.4, 0.5) is 22.7 Å². The van der Waals surface area contributed by atoms with Gasteiger partial charge in [0.2, 0.25) is 0 Å². The van der Waals surface area contributed by atoms with E-state index in [4.69, 9.17) is 0 Å². The van der Waals surface area contributed by atoms with Gasteiger partial charge in [-0.1, -0.05) is 128 Å². The Labute approximate surface area is 246 Å². The third-order valence-corrected chi connectivity index (χ3v) is 8.01. The van der Waals surface area contributed by atoms with Crippen molar-refractivity contribution in [2.24, 2.45) is 0 Å². The summed E-state index contributed by atoms with van der Waals surface area (Å²) in [6.45, 7) is 4.57. The van der Waals surface area contributed by atoms with E-state index in [1.165, 1.54) is 127 Å². The molecule has 40 heavy (non-hydrogen) atoms. The minimum atomic E-state index is 1.11. The highest BCUT2D eigenvalue weighted by molar-refractivity contribution is 5.66. The van der Waals surface area contributed by atoms with Gasteiger partial charge in [0.05, 0.1) is 0 Å². The maximum atomic E-state index is 3.54. The predicted octanol–water partition coefficient (Wildman–Crippen LogP) is 12.5. The molecule has 0 aliphatic rings. The molecule has 3 rings (SSSR count). The fourth-order valence-electron chi connectivity index (χ4n) is 5.41. The van der Waals surface area contributed by atoms with Gasteiger partial charge in [0, 0.05) is 22.7 Å². The van der Waals surface area contributed by atoms with E-state index in [1.807, 2.05) is 0 Å². The van der Waals surface area contributed by atoms with Gasteiger partial charge in [-0.2, -0.15) is 0 Å². The molecule has 218 valence electrons. The van der Waals surface area contributed by atoms with Gasteiger partial charge in [-0.15, -0.1) is 0 Å². The van der Waals surface area contributed by atoms with Crippen molar-refractivity contribution in [3.8, 4) is 0 Å². The highest BCUT2D eigenvalue weighted by atomic mass is 14.9. The molecule has 0 radical (unpaired) electrons. The molecule has 0 saturated carbocycles. The molecule has 2 N–H and O–H groups in total. The van der Waals surface area contributed by atoms with Crippen molar-refractivity contribution in [1.82, 2.24) is 0 Å². The number of nitrogens with one attached hydrogen (secondary N) is 2. The van der Waals surface area contributed by atoms with Crippen LogP contribution in [0.15, 0.2) is 72.8 Å². The van der Waals surface area contributed by atoms with E-state index in [1.54, 1.807) is 0 Å². The summed E-state index contributed by atoms with van der Waals surface area (Å²) < 4.78 is 0. The summed E-state index contributed by atoms with van der Waals surface area (Å²) in [5.41, 5.74) is 7.41. The molecule has 0 bridgehead atoms. The Kier molecular flexibility index (Phi) is 16.0. The molecule has 0 unspecified atom stereocenters. The van der Waals surface area contributed by atoms with Crippen molar-refractivity contribution in [2.45, 2.75) is 129 Å². The average Bonchev–Trinajstić information content (AvgIpc) is 2.98. The van der Waals surface area contributed by atoms with Crippen molar-refractivity contribution in [3.63, 3.8) is 0 Å². The average molecular weight is 541 g/mol. The summed E-state index contributed by atoms with van der Waals surface area (Å²) in [5.74, 6) is 0. The second-order valence-electron chi connectivity index (χ2n) is 11.7. The number of benzene rings is 3. The maximum absolute atomic E-state index is 3.54. The third kappa shape index (κ3) is 13.6. The largest absolute Gasteiger partial charge is 0.356 e. The van der Waals surface area contributed by atoms with Gasteiger partial charge in [0.25, 0.3) is 0 Å². The molecule has 0 aliphatic carbocycles. The zero-order valence-corrected chi connectivity index (χ0v) is 25.7. The molecule has 2 heteroatoms. The monoisotopic (exact) mass is 540 g/mol. The van der Waals surface area contributed by atoms with E-state index >= 15 is 0 Å². The zero-order valence-electron chi connectivity index (χ0n) is 25.7. The summed E-state index contributed by atoms with van der Waals surface area (Å²) >= 11 is 0. The van der Waals surface area contributed by atoms with Crippen molar-refractivity contribution >= 4 is 22.7 Å². The van der Waals surface area contributed by atoms with Crippen LogP contribution >= 0.6 is 0 Å². The van der Waals surface area contributed by atoms with E-state index in [2.05, 4.69) is 97.3 Å². The molecule has 0 spiro atoms. The molecule has 2 nitrogen and oxygen atoms in total. The Morgan fingerprint density at radius 3 is 0.875 bits per heavy atom. The molecule has 0 amide bonds. The van der Waals surface area contributed by atoms with Crippen LogP contribution in [-0.4, -0.2) is 0 Å². The quantitative estimate of drug-likeness (QED) is 0.124. The van der Waals surface area contributed by atoms with Crippen LogP contribution in [-0.2, 0) is 12.8 Å². The predicted molar refractivity (Wildman–Crippen MR) is 179 cm³/mol. The van der Waals surface area contributed by atoms with Crippen molar-refractivity contribution in [1.29, 1.82) is 0 Å². The van der Waals surface area contributed by atoms with Gasteiger partial charge < -0.3 is 10.6 Å². The summed E-state index contributed by atoms with van der Waals surface area (Å²) in [7, 11) is 0. The summed E-state index contributed by atoms with van der Waals surface area (Å²) in [6, 6.07) is 26.5. The van der Waals surface area contributed by atoms with Gasteiger partial charge >= 0.3 is 0 Å². The number of rotatable bonds is 22. The van der Waals surface area contributed by atoms with Crippen LogP contribution in [0.25, 0.3) is 0 Å². The summed E-state index contributed by atoms with van der Waals surface area (Å²) in [6.07, 6.45) is 24.4. The third-order valence-electron chi connectivity index (χ3n) is 8.01. The second kappa shape index (κ2) is 20.2. The van der Waals surface area contributed by atoms with E-state index in [0.717, 1.165) is 22.7 Å². The topological polar surface area (TPSA) is 24.1 Å². The lowest BCUT2D eigenvalue weighted by Gasteiger charge is -2.11. The second-order valence-corrected chi connectivity index (χ2v) is 11.7. The van der Waals surface area contributed by atoms with E-state index in [0.29, 0.717) is 0 Å². The molecule has 0 aliphatic heterocycles. The maximum Gasteiger partial charge on any atom is 0.0385 e. The number of aryl methyl sites for hydroxylation is 2. The van der Waals surface area contributed by atoms with Crippen molar-refractivity contribution in [2.75, 3.05) is 10.6 Å². The zero-order chi connectivity index (χ0) is 28.1. The van der Waals surface area contributed by atoms with Crippen LogP contribution in [0.5, 0.6) is 0 Å². The van der Waals surface area contributed by atoms with Gasteiger partial charge in [-0.05, 0) is 85.3 Å². The first kappa shape index (κ1) is 31.8. The summed E-state index contributed by atoms with van der Waals surface area (Å²) in [5, 5.41) is 7.09. The first-order chi connectivity index (χ1) is 19.8. The summed E-state index contributed by atoms with van der Waals surface area (Å²) in [4.78, 5) is 0. The van der Waals surface area contributed by atoms with Crippen LogP contribution in [0, 0.1) is 0 Å². The SMILES string of the molecule is CCCCCCCCCCc1ccc(Nc2ccc(Nc3ccc(CCCCCCCCCC)cc3)cc2)cc1. The Hall–Kier alpha value is -2.74. The Morgan fingerprint density at radius 1 is 0.325 bits per heavy atom. The minimum absolute atomic E-state index is 1.11. The molecule has 0 fully saturated rings. The number of hydrogen-bond donors (Lipinski definition) is 2. The molecular formula is C38H56N2. The molecule has 3 aromatic rings. The minimum Gasteiger partial charge on any atom is -0.356 e. The number of hydrogen-bond acceptors (Lipinski definition) is 2. The Bertz CT molecular complexity index is 920. The normalized spacial score (nSPS) is 11.1. The molecule has 3 aromatic carbocycles. The molecular weight excluding hydrogens is 484 g/mol. The molecule has 0 saturated heterocycles. The Morgan fingerprint density at radius 2 is 0.575 bits per heavy atom. The number of anilines is 4. The van der Waals surface area contributed by atoms with Crippen LogP contribution in [0.3, 0.4) is 0 Å². The van der Waals surface area contributed by atoms with Crippen molar-refractivity contribution in [3.05, 3.63) is 83.9 Å². The smallest absolute Gasteiger partial charge is 0.0385 e. The molecule has 0 aromatic heterocycles. The van der Waals surface area contributed by atoms with Gasteiger partial charge in [0.15, 0.2) is 0 Å². The molecule has 0 heterocycles. The lowest BCUT2D eigenvalue weighted by molar-refractivity contribution is 0.575. The van der Waals surface area contributed by atoms with E-state index < -0.39 is 0 Å².